The Hall–Kier alpha value is 0.500. The fourth-order valence-corrected chi connectivity index (χ4v) is 0.429. The summed E-state index contributed by atoms with van der Waals surface area (Å²) in [5.41, 5.74) is 0. The Bertz CT molecular complexity index is 54.2. The van der Waals surface area contributed by atoms with E-state index in [1.807, 2.05) is 0 Å². The SMILES string of the molecule is ClCCl.OC[C@@H]1CCO1. The second kappa shape index (κ2) is 6.62. The quantitative estimate of drug-likeness (QED) is 0.603. The Morgan fingerprint density at radius 1 is 1.56 bits per heavy atom. The number of rotatable bonds is 1. The summed E-state index contributed by atoms with van der Waals surface area (Å²) >= 11 is 9.53. The molecule has 1 atom stereocenters. The maximum Gasteiger partial charge on any atom is 0.0967 e. The molecular formula is C5H10Cl2O2. The molecule has 1 N–H and O–H groups in total. The van der Waals surface area contributed by atoms with E-state index < -0.39 is 0 Å². The molecule has 0 radical (unpaired) electrons. The molecule has 9 heavy (non-hydrogen) atoms. The lowest BCUT2D eigenvalue weighted by molar-refractivity contribution is -0.0773. The van der Waals surface area contributed by atoms with Crippen LogP contribution in [0.15, 0.2) is 0 Å². The Kier molecular flexibility index (Phi) is 6.99. The van der Waals surface area contributed by atoms with Gasteiger partial charge in [0.15, 0.2) is 0 Å². The third-order valence-corrected chi connectivity index (χ3v) is 0.997. The molecule has 0 aromatic carbocycles. The predicted octanol–water partition coefficient (Wildman–Crippen LogP) is 1.19. The molecule has 0 aliphatic carbocycles. The van der Waals surface area contributed by atoms with Crippen LogP contribution < -0.4 is 0 Å². The third-order valence-electron chi connectivity index (χ3n) is 0.997. The molecule has 1 fully saturated rings. The van der Waals surface area contributed by atoms with Gasteiger partial charge < -0.3 is 9.84 Å². The zero-order valence-electron chi connectivity index (χ0n) is 5.02. The Labute approximate surface area is 64.7 Å². The van der Waals surface area contributed by atoms with Crippen LogP contribution in [0, 0.1) is 0 Å². The summed E-state index contributed by atoms with van der Waals surface area (Å²) in [6.45, 7) is 1.03. The summed E-state index contributed by atoms with van der Waals surface area (Å²) < 4.78 is 4.83. The second-order valence-corrected chi connectivity index (χ2v) is 2.37. The highest BCUT2D eigenvalue weighted by atomic mass is 35.5. The van der Waals surface area contributed by atoms with E-state index in [4.69, 9.17) is 33.0 Å². The molecule has 4 heteroatoms. The number of halogens is 2. The number of aliphatic hydroxyl groups is 1. The Morgan fingerprint density at radius 2 is 2.00 bits per heavy atom. The van der Waals surface area contributed by atoms with Crippen molar-refractivity contribution in [3.8, 4) is 0 Å². The maximum atomic E-state index is 8.26. The van der Waals surface area contributed by atoms with Crippen molar-refractivity contribution < 1.29 is 9.84 Å². The highest BCUT2D eigenvalue weighted by Crippen LogP contribution is 2.07. The topological polar surface area (TPSA) is 29.5 Å². The molecule has 1 heterocycles. The standard InChI is InChI=1S/C4H8O2.CH2Cl2/c5-3-4-1-2-6-4;2-1-3/h4-5H,1-3H2;1H2/t4-;/m0./s1. The van der Waals surface area contributed by atoms with Crippen LogP contribution in [0.25, 0.3) is 0 Å². The van der Waals surface area contributed by atoms with E-state index in [0.29, 0.717) is 0 Å². The number of alkyl halides is 2. The van der Waals surface area contributed by atoms with Crippen molar-refractivity contribution in [2.75, 3.05) is 18.6 Å². The van der Waals surface area contributed by atoms with Crippen molar-refractivity contribution in [2.24, 2.45) is 0 Å². The summed E-state index contributed by atoms with van der Waals surface area (Å²) in [5.74, 6) is 0. The summed E-state index contributed by atoms with van der Waals surface area (Å²) in [7, 11) is 0. The normalized spacial score (nSPS) is 23.7. The van der Waals surface area contributed by atoms with Gasteiger partial charge in [-0.2, -0.15) is 0 Å². The summed E-state index contributed by atoms with van der Waals surface area (Å²) in [6, 6.07) is 0. The first kappa shape index (κ1) is 9.50. The van der Waals surface area contributed by atoms with Crippen molar-refractivity contribution >= 4 is 23.2 Å². The van der Waals surface area contributed by atoms with Gasteiger partial charge in [0.05, 0.1) is 18.1 Å². The molecule has 2 nitrogen and oxygen atoms in total. The van der Waals surface area contributed by atoms with Crippen molar-refractivity contribution in [3.63, 3.8) is 0 Å². The summed E-state index contributed by atoms with van der Waals surface area (Å²) in [5, 5.41) is 8.46. The van der Waals surface area contributed by atoms with Crippen LogP contribution >= 0.6 is 23.2 Å². The lowest BCUT2D eigenvalue weighted by Crippen LogP contribution is -2.29. The largest absolute Gasteiger partial charge is 0.394 e. The van der Waals surface area contributed by atoms with Crippen molar-refractivity contribution in [1.82, 2.24) is 0 Å². The molecule has 56 valence electrons. The Balaban J connectivity index is 0.000000187. The monoisotopic (exact) mass is 172 g/mol. The number of hydrogen-bond acceptors (Lipinski definition) is 2. The molecular weight excluding hydrogens is 163 g/mol. The first-order valence-electron chi connectivity index (χ1n) is 2.69. The van der Waals surface area contributed by atoms with E-state index in [0.717, 1.165) is 13.0 Å². The van der Waals surface area contributed by atoms with E-state index in [1.165, 1.54) is 0 Å². The first-order valence-corrected chi connectivity index (χ1v) is 3.76. The van der Waals surface area contributed by atoms with Gasteiger partial charge in [-0.15, -0.1) is 23.2 Å². The van der Waals surface area contributed by atoms with Gasteiger partial charge in [0.25, 0.3) is 0 Å². The molecule has 0 aromatic rings. The molecule has 0 bridgehead atoms. The number of ether oxygens (including phenoxy) is 1. The third kappa shape index (κ3) is 4.97. The predicted molar refractivity (Wildman–Crippen MR) is 38.0 cm³/mol. The van der Waals surface area contributed by atoms with Gasteiger partial charge in [-0.25, -0.2) is 0 Å². The Morgan fingerprint density at radius 3 is 2.00 bits per heavy atom. The minimum absolute atomic E-state index is 0.171. The van der Waals surface area contributed by atoms with Gasteiger partial charge in [0.2, 0.25) is 0 Å². The van der Waals surface area contributed by atoms with Crippen LogP contribution in [0.4, 0.5) is 0 Å². The van der Waals surface area contributed by atoms with Crippen LogP contribution in [-0.2, 0) is 4.74 Å². The minimum Gasteiger partial charge on any atom is -0.394 e. The van der Waals surface area contributed by atoms with E-state index in [2.05, 4.69) is 0 Å². The average molecular weight is 173 g/mol. The molecule has 0 aromatic heterocycles. The maximum absolute atomic E-state index is 8.26. The molecule has 0 spiro atoms. The molecule has 0 unspecified atom stereocenters. The van der Waals surface area contributed by atoms with Crippen LogP contribution in [0.2, 0.25) is 0 Å². The molecule has 1 aliphatic rings. The van der Waals surface area contributed by atoms with Gasteiger partial charge in [0, 0.05) is 6.61 Å². The van der Waals surface area contributed by atoms with Gasteiger partial charge in [-0.05, 0) is 6.42 Å². The van der Waals surface area contributed by atoms with E-state index in [-0.39, 0.29) is 18.1 Å². The van der Waals surface area contributed by atoms with Crippen LogP contribution in [0.5, 0.6) is 0 Å². The van der Waals surface area contributed by atoms with Crippen molar-refractivity contribution in [3.05, 3.63) is 0 Å². The second-order valence-electron chi connectivity index (χ2n) is 1.57. The fraction of sp³-hybridized carbons (Fsp3) is 1.00. The first-order chi connectivity index (χ1) is 4.35. The lowest BCUT2D eigenvalue weighted by Gasteiger charge is -2.23. The zero-order valence-corrected chi connectivity index (χ0v) is 6.53. The molecule has 1 saturated heterocycles. The highest BCUT2D eigenvalue weighted by Gasteiger charge is 2.15. The van der Waals surface area contributed by atoms with Crippen LogP contribution in [-0.4, -0.2) is 29.8 Å². The number of hydrogen-bond donors (Lipinski definition) is 1. The van der Waals surface area contributed by atoms with E-state index >= 15 is 0 Å². The zero-order chi connectivity index (χ0) is 7.11. The average Bonchev–Trinajstić information content (AvgIpc) is 1.64. The highest BCUT2D eigenvalue weighted by molar-refractivity contribution is 6.40. The number of aliphatic hydroxyl groups excluding tert-OH is 1. The smallest absolute Gasteiger partial charge is 0.0967 e. The molecule has 0 amide bonds. The van der Waals surface area contributed by atoms with Gasteiger partial charge in [0.1, 0.15) is 0 Å². The van der Waals surface area contributed by atoms with Gasteiger partial charge >= 0.3 is 0 Å². The van der Waals surface area contributed by atoms with Gasteiger partial charge in [-0.1, -0.05) is 0 Å². The lowest BCUT2D eigenvalue weighted by atomic mass is 10.2. The van der Waals surface area contributed by atoms with Gasteiger partial charge in [-0.3, -0.25) is 0 Å². The molecule has 1 rings (SSSR count). The van der Waals surface area contributed by atoms with Crippen molar-refractivity contribution in [2.45, 2.75) is 12.5 Å². The molecule has 1 aliphatic heterocycles. The van der Waals surface area contributed by atoms with Crippen molar-refractivity contribution in [1.29, 1.82) is 0 Å². The summed E-state index contributed by atoms with van der Waals surface area (Å²) in [4.78, 5) is 0. The van der Waals surface area contributed by atoms with Crippen LogP contribution in [0.1, 0.15) is 6.42 Å². The fourth-order valence-electron chi connectivity index (χ4n) is 0.429. The summed E-state index contributed by atoms with van der Waals surface area (Å²) in [6.07, 6.45) is 1.21. The minimum atomic E-state index is 0.171. The van der Waals surface area contributed by atoms with Crippen LogP contribution in [0.3, 0.4) is 0 Å². The van der Waals surface area contributed by atoms with E-state index in [9.17, 15) is 0 Å². The van der Waals surface area contributed by atoms with E-state index in [1.54, 1.807) is 0 Å². The molecule has 0 saturated carbocycles.